The number of hydroxylamine groups is 2. The summed E-state index contributed by atoms with van der Waals surface area (Å²) in [6.07, 6.45) is 0.814. The molecule has 6 nitrogen and oxygen atoms in total. The molecule has 1 saturated heterocycles. The van der Waals surface area contributed by atoms with Gasteiger partial charge in [0.05, 0.1) is 11.5 Å². The number of anilines is 1. The van der Waals surface area contributed by atoms with Crippen LogP contribution in [0.2, 0.25) is 0 Å². The third-order valence-corrected chi connectivity index (χ3v) is 4.74. The van der Waals surface area contributed by atoms with E-state index < -0.39 is 5.54 Å². The van der Waals surface area contributed by atoms with E-state index in [2.05, 4.69) is 10.6 Å². The molecule has 7 heteroatoms. The van der Waals surface area contributed by atoms with Gasteiger partial charge in [-0.05, 0) is 13.3 Å². The van der Waals surface area contributed by atoms with Crippen molar-refractivity contribution in [1.29, 1.82) is 0 Å². The largest absolute Gasteiger partial charge is 0.403 e. The summed E-state index contributed by atoms with van der Waals surface area (Å²) in [6.45, 7) is 2.36. The second-order valence-corrected chi connectivity index (χ2v) is 5.82. The zero-order chi connectivity index (χ0) is 13.6. The van der Waals surface area contributed by atoms with Crippen LogP contribution in [0.5, 0.6) is 5.75 Å². The minimum Gasteiger partial charge on any atom is -0.403 e. The highest BCUT2D eigenvalue weighted by atomic mass is 32.1. The van der Waals surface area contributed by atoms with Crippen LogP contribution in [-0.4, -0.2) is 29.5 Å². The summed E-state index contributed by atoms with van der Waals surface area (Å²) in [7, 11) is 1.86. The molecule has 2 amide bonds. The van der Waals surface area contributed by atoms with Crippen LogP contribution in [0.4, 0.5) is 5.00 Å². The number of fused-ring (bicyclic) bond motifs is 1. The van der Waals surface area contributed by atoms with Gasteiger partial charge in [-0.2, -0.15) is 0 Å². The number of rotatable bonds is 2. The standard InChI is InChI=1S/C12H15N3O3S/c1-12(4-3-9(16)14-11(12)17)15-5-7-8(18-15)6-19-10(7)13-2/h6,13H,3-5H2,1-2H3,(H,14,16,17). The van der Waals surface area contributed by atoms with Crippen molar-refractivity contribution in [3.63, 3.8) is 0 Å². The number of nitrogens with one attached hydrogen (secondary N) is 2. The second kappa shape index (κ2) is 4.21. The van der Waals surface area contributed by atoms with Gasteiger partial charge in [0.15, 0.2) is 5.75 Å². The molecule has 0 aromatic carbocycles. The van der Waals surface area contributed by atoms with Gasteiger partial charge in [0, 0.05) is 24.4 Å². The van der Waals surface area contributed by atoms with Crippen LogP contribution in [0.15, 0.2) is 5.38 Å². The van der Waals surface area contributed by atoms with Crippen LogP contribution in [0.1, 0.15) is 25.3 Å². The number of hydrogen-bond acceptors (Lipinski definition) is 6. The molecule has 2 N–H and O–H groups in total. The maximum atomic E-state index is 12.1. The van der Waals surface area contributed by atoms with Crippen molar-refractivity contribution < 1.29 is 14.4 Å². The highest BCUT2D eigenvalue weighted by Crippen LogP contribution is 2.43. The third-order valence-electron chi connectivity index (χ3n) is 3.72. The molecule has 1 aromatic rings. The number of nitrogens with zero attached hydrogens (tertiary/aromatic N) is 1. The fourth-order valence-electron chi connectivity index (χ4n) is 2.40. The lowest BCUT2D eigenvalue weighted by molar-refractivity contribution is -0.169. The molecule has 0 saturated carbocycles. The fraction of sp³-hybridized carbons (Fsp3) is 0.500. The molecule has 2 aliphatic heterocycles. The van der Waals surface area contributed by atoms with Gasteiger partial charge in [-0.1, -0.05) is 0 Å². The number of piperidine rings is 1. The quantitative estimate of drug-likeness (QED) is 0.794. The maximum Gasteiger partial charge on any atom is 0.250 e. The number of imide groups is 1. The summed E-state index contributed by atoms with van der Waals surface area (Å²) in [4.78, 5) is 29.1. The predicted molar refractivity (Wildman–Crippen MR) is 70.8 cm³/mol. The highest BCUT2D eigenvalue weighted by Gasteiger charge is 2.48. The molecule has 0 aliphatic carbocycles. The van der Waals surface area contributed by atoms with Crippen molar-refractivity contribution >= 4 is 28.2 Å². The monoisotopic (exact) mass is 281 g/mol. The lowest BCUT2D eigenvalue weighted by Gasteiger charge is -2.37. The van der Waals surface area contributed by atoms with Crippen LogP contribution in [0.25, 0.3) is 0 Å². The first-order valence-corrected chi connectivity index (χ1v) is 7.00. The Morgan fingerprint density at radius 2 is 2.32 bits per heavy atom. The Morgan fingerprint density at radius 3 is 3.00 bits per heavy atom. The van der Waals surface area contributed by atoms with E-state index in [-0.39, 0.29) is 11.8 Å². The van der Waals surface area contributed by atoms with Crippen LogP contribution < -0.4 is 15.5 Å². The molecule has 0 radical (unpaired) electrons. The van der Waals surface area contributed by atoms with E-state index in [0.29, 0.717) is 19.4 Å². The zero-order valence-electron chi connectivity index (χ0n) is 10.8. The van der Waals surface area contributed by atoms with Gasteiger partial charge in [-0.3, -0.25) is 14.9 Å². The number of hydrogen-bond donors (Lipinski definition) is 2. The Bertz CT molecular complexity index is 556. The molecular weight excluding hydrogens is 266 g/mol. The van der Waals surface area contributed by atoms with E-state index in [1.54, 1.807) is 16.4 Å². The van der Waals surface area contributed by atoms with Crippen LogP contribution >= 0.6 is 11.3 Å². The Kier molecular flexibility index (Phi) is 2.75. The van der Waals surface area contributed by atoms with E-state index >= 15 is 0 Å². The van der Waals surface area contributed by atoms with Crippen molar-refractivity contribution in [2.24, 2.45) is 0 Å². The third kappa shape index (κ3) is 1.81. The average molecular weight is 281 g/mol. The van der Waals surface area contributed by atoms with Crippen molar-refractivity contribution in [2.75, 3.05) is 12.4 Å². The first kappa shape index (κ1) is 12.4. The summed E-state index contributed by atoms with van der Waals surface area (Å²) in [5.74, 6) is 0.288. The number of thiophene rings is 1. The molecule has 1 unspecified atom stereocenters. The van der Waals surface area contributed by atoms with Gasteiger partial charge >= 0.3 is 0 Å². The Hall–Kier alpha value is -1.60. The smallest absolute Gasteiger partial charge is 0.250 e. The Morgan fingerprint density at radius 1 is 1.53 bits per heavy atom. The molecule has 1 aromatic heterocycles. The van der Waals surface area contributed by atoms with Gasteiger partial charge in [-0.15, -0.1) is 16.4 Å². The van der Waals surface area contributed by atoms with E-state index in [4.69, 9.17) is 4.84 Å². The van der Waals surface area contributed by atoms with Gasteiger partial charge in [-0.25, -0.2) is 0 Å². The van der Waals surface area contributed by atoms with E-state index in [9.17, 15) is 9.59 Å². The molecular formula is C12H15N3O3S. The topological polar surface area (TPSA) is 70.7 Å². The molecule has 0 spiro atoms. The van der Waals surface area contributed by atoms with E-state index in [0.717, 1.165) is 16.3 Å². The van der Waals surface area contributed by atoms with Crippen molar-refractivity contribution in [1.82, 2.24) is 10.4 Å². The van der Waals surface area contributed by atoms with Gasteiger partial charge in [0.2, 0.25) is 11.8 Å². The van der Waals surface area contributed by atoms with Crippen molar-refractivity contribution in [3.8, 4) is 5.75 Å². The predicted octanol–water partition coefficient (Wildman–Crippen LogP) is 1.09. The number of carbonyl (C=O) groups excluding carboxylic acids is 2. The van der Waals surface area contributed by atoms with Crippen LogP contribution in [0, 0.1) is 0 Å². The first-order chi connectivity index (χ1) is 9.04. The summed E-state index contributed by atoms with van der Waals surface area (Å²) in [5, 5.41) is 10.2. The molecule has 19 heavy (non-hydrogen) atoms. The molecule has 1 atom stereocenters. The molecule has 2 aliphatic rings. The SMILES string of the molecule is CNc1scc2c1CN(C1(C)CCC(=O)NC1=O)O2. The van der Waals surface area contributed by atoms with E-state index in [1.807, 2.05) is 19.4 Å². The minimum atomic E-state index is -0.796. The maximum absolute atomic E-state index is 12.1. The fourth-order valence-corrected chi connectivity index (χ4v) is 3.24. The molecule has 3 heterocycles. The van der Waals surface area contributed by atoms with Crippen LogP contribution in [-0.2, 0) is 16.1 Å². The Labute approximate surface area is 114 Å². The Balaban J connectivity index is 1.84. The van der Waals surface area contributed by atoms with Gasteiger partial charge in [0.1, 0.15) is 5.54 Å². The number of amides is 2. The van der Waals surface area contributed by atoms with Crippen molar-refractivity contribution in [2.45, 2.75) is 31.8 Å². The second-order valence-electron chi connectivity index (χ2n) is 4.94. The van der Waals surface area contributed by atoms with Crippen molar-refractivity contribution in [3.05, 3.63) is 10.9 Å². The average Bonchev–Trinajstić information content (AvgIpc) is 2.94. The van der Waals surface area contributed by atoms with E-state index in [1.165, 1.54) is 0 Å². The normalized spacial score (nSPS) is 26.8. The lowest BCUT2D eigenvalue weighted by Crippen LogP contribution is -2.60. The first-order valence-electron chi connectivity index (χ1n) is 6.12. The molecule has 3 rings (SSSR count). The van der Waals surface area contributed by atoms with Crippen LogP contribution in [0.3, 0.4) is 0 Å². The highest BCUT2D eigenvalue weighted by molar-refractivity contribution is 7.14. The number of carbonyl (C=O) groups is 2. The lowest BCUT2D eigenvalue weighted by atomic mass is 9.90. The molecule has 1 fully saturated rings. The summed E-state index contributed by atoms with van der Waals surface area (Å²) in [5.41, 5.74) is 0.272. The minimum absolute atomic E-state index is 0.216. The molecule has 0 bridgehead atoms. The van der Waals surface area contributed by atoms with Gasteiger partial charge in [0.25, 0.3) is 0 Å². The zero-order valence-corrected chi connectivity index (χ0v) is 11.6. The summed E-state index contributed by atoms with van der Waals surface area (Å²) >= 11 is 1.58. The molecule has 102 valence electrons. The summed E-state index contributed by atoms with van der Waals surface area (Å²) in [6, 6.07) is 0. The summed E-state index contributed by atoms with van der Waals surface area (Å²) < 4.78 is 0. The van der Waals surface area contributed by atoms with Gasteiger partial charge < -0.3 is 10.2 Å².